The third-order valence-corrected chi connectivity index (χ3v) is 4.27. The van der Waals surface area contributed by atoms with Crippen LogP contribution >= 0.6 is 0 Å². The topological polar surface area (TPSA) is 46.6 Å². The number of nitrogens with zero attached hydrogens (tertiary/aromatic N) is 1. The Labute approximate surface area is 157 Å². The van der Waals surface area contributed by atoms with Gasteiger partial charge in [0, 0.05) is 25.4 Å². The molecule has 0 aliphatic heterocycles. The summed E-state index contributed by atoms with van der Waals surface area (Å²) >= 11 is 0. The Kier molecular flexibility index (Phi) is 8.92. The molecule has 0 fully saturated rings. The molecule has 1 aromatic carbocycles. The highest BCUT2D eigenvalue weighted by molar-refractivity contribution is 5.68. The lowest BCUT2D eigenvalue weighted by atomic mass is 9.86. The predicted octanol–water partition coefficient (Wildman–Crippen LogP) is 4.68. The van der Waals surface area contributed by atoms with Crippen LogP contribution in [0.4, 0.5) is 4.79 Å². The van der Waals surface area contributed by atoms with Gasteiger partial charge in [-0.05, 0) is 45.1 Å². The molecule has 0 heterocycles. The van der Waals surface area contributed by atoms with Crippen molar-refractivity contribution >= 4 is 12.4 Å². The van der Waals surface area contributed by atoms with Gasteiger partial charge in [0.1, 0.15) is 11.9 Å². The summed E-state index contributed by atoms with van der Waals surface area (Å²) in [5, 5.41) is 0. The highest BCUT2D eigenvalue weighted by atomic mass is 16.6. The van der Waals surface area contributed by atoms with Crippen molar-refractivity contribution in [1.29, 1.82) is 0 Å². The smallest absolute Gasteiger partial charge is 0.410 e. The minimum absolute atomic E-state index is 0.0724. The molecular weight excluding hydrogens is 326 g/mol. The number of carbonyl (C=O) groups is 2. The van der Waals surface area contributed by atoms with Crippen molar-refractivity contribution in [3.05, 3.63) is 35.9 Å². The van der Waals surface area contributed by atoms with E-state index in [0.29, 0.717) is 25.9 Å². The van der Waals surface area contributed by atoms with Crippen LogP contribution < -0.4 is 0 Å². The van der Waals surface area contributed by atoms with Crippen LogP contribution in [-0.4, -0.2) is 29.4 Å². The first kappa shape index (κ1) is 21.8. The van der Waals surface area contributed by atoms with Crippen molar-refractivity contribution in [1.82, 2.24) is 4.90 Å². The molecule has 0 N–H and O–H groups in total. The Balaban J connectivity index is 2.87. The number of benzene rings is 1. The summed E-state index contributed by atoms with van der Waals surface area (Å²) in [5.41, 5.74) is 0.480. The Morgan fingerprint density at radius 1 is 1.31 bits per heavy atom. The zero-order valence-corrected chi connectivity index (χ0v) is 16.4. The maximum atomic E-state index is 12.6. The van der Waals surface area contributed by atoms with E-state index in [4.69, 9.17) is 11.2 Å². The fourth-order valence-corrected chi connectivity index (χ4v) is 2.85. The number of hydrogen-bond donors (Lipinski definition) is 0. The highest BCUT2D eigenvalue weighted by Gasteiger charge is 2.25. The summed E-state index contributed by atoms with van der Waals surface area (Å²) < 4.78 is 5.55. The van der Waals surface area contributed by atoms with E-state index in [1.54, 1.807) is 4.90 Å². The van der Waals surface area contributed by atoms with E-state index in [2.05, 4.69) is 5.92 Å². The normalized spacial score (nSPS) is 13.3. The van der Waals surface area contributed by atoms with Crippen LogP contribution in [0.15, 0.2) is 30.3 Å². The summed E-state index contributed by atoms with van der Waals surface area (Å²) in [5.74, 6) is 2.66. The molecular formula is C22H31NO3. The second-order valence-electron chi connectivity index (χ2n) is 7.55. The molecule has 0 saturated carbocycles. The number of ether oxygens (including phenoxy) is 1. The summed E-state index contributed by atoms with van der Waals surface area (Å²) in [6.45, 7) is 8.51. The SMILES string of the molecule is C#CC[C@@H](CCN(Cc1ccccc1)C(=O)OC(C)(C)C)C(C=O)CC. The highest BCUT2D eigenvalue weighted by Crippen LogP contribution is 2.23. The first-order valence-corrected chi connectivity index (χ1v) is 9.21. The Morgan fingerprint density at radius 3 is 2.46 bits per heavy atom. The molecule has 0 aliphatic carbocycles. The van der Waals surface area contributed by atoms with Crippen LogP contribution in [0.2, 0.25) is 0 Å². The van der Waals surface area contributed by atoms with Crippen molar-refractivity contribution in [2.75, 3.05) is 6.54 Å². The van der Waals surface area contributed by atoms with E-state index < -0.39 is 5.60 Å². The fourth-order valence-electron chi connectivity index (χ4n) is 2.85. The van der Waals surface area contributed by atoms with Gasteiger partial charge in [-0.2, -0.15) is 0 Å². The lowest BCUT2D eigenvalue weighted by Crippen LogP contribution is -2.38. The Morgan fingerprint density at radius 2 is 1.96 bits per heavy atom. The largest absolute Gasteiger partial charge is 0.444 e. The van der Waals surface area contributed by atoms with E-state index >= 15 is 0 Å². The molecule has 0 radical (unpaired) electrons. The minimum Gasteiger partial charge on any atom is -0.444 e. The number of hydrogen-bond acceptors (Lipinski definition) is 3. The van der Waals surface area contributed by atoms with Gasteiger partial charge in [-0.25, -0.2) is 4.79 Å². The lowest BCUT2D eigenvalue weighted by Gasteiger charge is -2.29. The van der Waals surface area contributed by atoms with Crippen molar-refractivity contribution in [3.8, 4) is 12.3 Å². The average molecular weight is 357 g/mol. The monoisotopic (exact) mass is 357 g/mol. The van der Waals surface area contributed by atoms with Gasteiger partial charge in [-0.1, -0.05) is 37.3 Å². The van der Waals surface area contributed by atoms with Crippen molar-refractivity contribution in [2.24, 2.45) is 11.8 Å². The van der Waals surface area contributed by atoms with Crippen LogP contribution in [0.1, 0.15) is 52.5 Å². The van der Waals surface area contributed by atoms with Gasteiger partial charge in [0.15, 0.2) is 0 Å². The molecule has 0 spiro atoms. The predicted molar refractivity (Wildman–Crippen MR) is 104 cm³/mol. The van der Waals surface area contributed by atoms with E-state index in [1.807, 2.05) is 58.0 Å². The number of carbonyl (C=O) groups excluding carboxylic acids is 2. The third kappa shape index (κ3) is 7.74. The van der Waals surface area contributed by atoms with E-state index in [1.165, 1.54) is 0 Å². The summed E-state index contributed by atoms with van der Waals surface area (Å²) in [7, 11) is 0. The van der Waals surface area contributed by atoms with Gasteiger partial charge >= 0.3 is 6.09 Å². The standard InChI is InChI=1S/C22H31NO3/c1-6-11-20(19(7-2)17-24)14-15-23(21(25)26-22(3,4)5)16-18-12-9-8-10-13-18/h1,8-10,12-13,17,19-20H,7,11,14-16H2,2-5H3/t19?,20-/m0/s1. The molecule has 26 heavy (non-hydrogen) atoms. The number of terminal acetylenes is 1. The Hall–Kier alpha value is -2.28. The van der Waals surface area contributed by atoms with Gasteiger partial charge in [0.2, 0.25) is 0 Å². The van der Waals surface area contributed by atoms with Gasteiger partial charge in [0.25, 0.3) is 0 Å². The number of amides is 1. The quantitative estimate of drug-likeness (QED) is 0.476. The van der Waals surface area contributed by atoms with Crippen LogP contribution in [0.3, 0.4) is 0 Å². The first-order chi connectivity index (χ1) is 12.3. The second kappa shape index (κ2) is 10.7. The lowest BCUT2D eigenvalue weighted by molar-refractivity contribution is -0.112. The maximum absolute atomic E-state index is 12.6. The molecule has 1 unspecified atom stereocenters. The molecule has 4 nitrogen and oxygen atoms in total. The second-order valence-corrected chi connectivity index (χ2v) is 7.55. The van der Waals surface area contributed by atoms with Crippen LogP contribution in [0.5, 0.6) is 0 Å². The van der Waals surface area contributed by atoms with Gasteiger partial charge in [-0.3, -0.25) is 0 Å². The third-order valence-electron chi connectivity index (χ3n) is 4.27. The first-order valence-electron chi connectivity index (χ1n) is 9.21. The van der Waals surface area contributed by atoms with Crippen LogP contribution in [0.25, 0.3) is 0 Å². The number of aldehydes is 1. The van der Waals surface area contributed by atoms with E-state index in [9.17, 15) is 9.59 Å². The average Bonchev–Trinajstić information content (AvgIpc) is 2.58. The van der Waals surface area contributed by atoms with Crippen LogP contribution in [-0.2, 0) is 16.1 Å². The van der Waals surface area contributed by atoms with E-state index in [-0.39, 0.29) is 17.9 Å². The molecule has 0 aromatic heterocycles. The molecule has 1 aromatic rings. The number of rotatable bonds is 9. The summed E-state index contributed by atoms with van der Waals surface area (Å²) in [6.07, 6.45) is 8.07. The van der Waals surface area contributed by atoms with Gasteiger partial charge < -0.3 is 14.4 Å². The summed E-state index contributed by atoms with van der Waals surface area (Å²) in [6, 6.07) is 9.81. The molecule has 0 bridgehead atoms. The van der Waals surface area contributed by atoms with E-state index in [0.717, 1.165) is 18.3 Å². The molecule has 1 rings (SSSR count). The zero-order chi connectivity index (χ0) is 19.6. The van der Waals surface area contributed by atoms with Crippen molar-refractivity contribution in [3.63, 3.8) is 0 Å². The van der Waals surface area contributed by atoms with Crippen LogP contribution in [0, 0.1) is 24.2 Å². The molecule has 4 heteroatoms. The van der Waals surface area contributed by atoms with Gasteiger partial charge in [-0.15, -0.1) is 12.3 Å². The van der Waals surface area contributed by atoms with Crippen molar-refractivity contribution in [2.45, 2.75) is 59.1 Å². The van der Waals surface area contributed by atoms with Gasteiger partial charge in [0.05, 0.1) is 0 Å². The summed E-state index contributed by atoms with van der Waals surface area (Å²) in [4.78, 5) is 25.7. The zero-order valence-electron chi connectivity index (χ0n) is 16.4. The maximum Gasteiger partial charge on any atom is 0.410 e. The van der Waals surface area contributed by atoms with Crippen molar-refractivity contribution < 1.29 is 14.3 Å². The molecule has 2 atom stereocenters. The minimum atomic E-state index is -0.557. The molecule has 142 valence electrons. The molecule has 1 amide bonds. The Bertz CT molecular complexity index is 598. The molecule has 0 aliphatic rings. The fraction of sp³-hybridized carbons (Fsp3) is 0.545. The molecule has 0 saturated heterocycles.